The van der Waals surface area contributed by atoms with Crippen LogP contribution < -0.4 is 33.7 Å². The van der Waals surface area contributed by atoms with Crippen molar-refractivity contribution < 1.29 is 33.3 Å². The van der Waals surface area contributed by atoms with Crippen LogP contribution in [0.15, 0.2) is 34.7 Å². The Kier molecular flexibility index (Phi) is 10.2. The van der Waals surface area contributed by atoms with Gasteiger partial charge in [0.15, 0.2) is 17.4 Å². The summed E-state index contributed by atoms with van der Waals surface area (Å²) >= 11 is 0. The third-order valence-corrected chi connectivity index (χ3v) is 8.94. The van der Waals surface area contributed by atoms with Crippen LogP contribution in [0, 0.1) is 0 Å². The molecule has 2 aliphatic heterocycles. The number of rotatable bonds is 14. The van der Waals surface area contributed by atoms with Gasteiger partial charge in [-0.15, -0.1) is 0 Å². The maximum absolute atomic E-state index is 14.1. The van der Waals surface area contributed by atoms with Crippen LogP contribution in [0.3, 0.4) is 0 Å². The zero-order valence-corrected chi connectivity index (χ0v) is 25.1. The highest BCUT2D eigenvalue weighted by Gasteiger charge is 2.43. The van der Waals surface area contributed by atoms with Gasteiger partial charge in [0.25, 0.3) is 0 Å². The summed E-state index contributed by atoms with van der Waals surface area (Å²) in [6.07, 6.45) is 0.184. The van der Waals surface area contributed by atoms with E-state index >= 15 is 0 Å². The molecule has 3 aromatic heterocycles. The van der Waals surface area contributed by atoms with Crippen LogP contribution in [0.1, 0.15) is 38.1 Å². The number of aliphatic imine (C=N–C) groups is 1. The molecule has 246 valence electrons. The molecule has 11 N–H and O–H groups in total. The predicted molar refractivity (Wildman–Crippen MR) is 159 cm³/mol. The Hall–Kier alpha value is -3.75. The highest BCUT2D eigenvalue weighted by molar-refractivity contribution is 7.51. The molecule has 21 heteroatoms. The van der Waals surface area contributed by atoms with Gasteiger partial charge in [0.1, 0.15) is 48.4 Å². The maximum Gasteiger partial charge on any atom is 0.405 e. The van der Waals surface area contributed by atoms with E-state index in [1.54, 1.807) is 4.57 Å². The van der Waals surface area contributed by atoms with Crippen molar-refractivity contribution in [1.29, 1.82) is 0 Å². The van der Waals surface area contributed by atoms with E-state index in [-0.39, 0.29) is 43.6 Å². The summed E-state index contributed by atoms with van der Waals surface area (Å²) < 4.78 is 40.5. The molecule has 0 aliphatic carbocycles. The fourth-order valence-electron chi connectivity index (χ4n) is 5.03. The number of hydrogen-bond acceptors (Lipinski definition) is 15. The number of hydrogen-bond donors (Lipinski definition) is 7. The van der Waals surface area contributed by atoms with Gasteiger partial charge >= 0.3 is 13.4 Å². The number of guanidine groups is 1. The Morgan fingerprint density at radius 1 is 1.13 bits per heavy atom. The number of aliphatic hydroxyl groups excluding tert-OH is 2. The Balaban J connectivity index is 1.27. The second-order valence-corrected chi connectivity index (χ2v) is 12.2. The largest absolute Gasteiger partial charge is 0.405 e. The molecule has 20 nitrogen and oxygen atoms in total. The highest BCUT2D eigenvalue weighted by atomic mass is 31.2. The lowest BCUT2D eigenvalue weighted by Gasteiger charge is -2.26. The molecule has 0 bridgehead atoms. The normalized spacial score (nSPS) is 26.3. The number of ether oxygens (including phenoxy) is 2. The number of aliphatic hydroxyl groups is 2. The van der Waals surface area contributed by atoms with Gasteiger partial charge < -0.3 is 42.6 Å². The number of nitrogens with two attached hydrogens (primary N) is 4. The number of imidazole rings is 1. The molecule has 0 aromatic carbocycles. The SMILES string of the molecule is NC(N)=NCCCCNP(=O)(OC[C@H]1O[C@@H](n2cnc3c(N)ncnc32)C[C@@H]1O)O[C@H]1C[C@H](n2ccc(N)nc2=O)O[C@@H]1CO. The number of nitrogens with zero attached hydrogens (tertiary/aromatic N) is 7. The van der Waals surface area contributed by atoms with E-state index in [1.807, 2.05) is 0 Å². The fourth-order valence-corrected chi connectivity index (χ4v) is 6.61. The number of fused-ring (bicyclic) bond motifs is 1. The predicted octanol–water partition coefficient (Wildman–Crippen LogP) is -1.67. The van der Waals surface area contributed by atoms with Crippen LogP contribution in [0.4, 0.5) is 11.6 Å². The first kappa shape index (κ1) is 32.6. The third kappa shape index (κ3) is 7.74. The molecule has 0 spiro atoms. The Labute approximate surface area is 256 Å². The van der Waals surface area contributed by atoms with Crippen molar-refractivity contribution >= 4 is 36.5 Å². The van der Waals surface area contributed by atoms with Crippen molar-refractivity contribution in [2.45, 2.75) is 62.6 Å². The van der Waals surface area contributed by atoms with Gasteiger partial charge in [0.2, 0.25) is 0 Å². The number of anilines is 2. The summed E-state index contributed by atoms with van der Waals surface area (Å²) in [6.45, 7) is -0.246. The van der Waals surface area contributed by atoms with Gasteiger partial charge in [-0.05, 0) is 18.9 Å². The van der Waals surface area contributed by atoms with Crippen molar-refractivity contribution in [3.63, 3.8) is 0 Å². The summed E-state index contributed by atoms with van der Waals surface area (Å²) in [7, 11) is -4.13. The molecule has 45 heavy (non-hydrogen) atoms. The average Bonchev–Trinajstić information content (AvgIpc) is 3.71. The van der Waals surface area contributed by atoms with Crippen LogP contribution in [0.25, 0.3) is 11.2 Å². The van der Waals surface area contributed by atoms with Crippen molar-refractivity contribution in [2.24, 2.45) is 16.5 Å². The Morgan fingerprint density at radius 2 is 1.91 bits per heavy atom. The van der Waals surface area contributed by atoms with Crippen LogP contribution in [-0.2, 0) is 23.1 Å². The minimum absolute atomic E-state index is 0.0328. The van der Waals surface area contributed by atoms with Gasteiger partial charge in [-0.25, -0.2) is 29.4 Å². The standard InChI is InChI=1S/C24H37N12O8P/c25-17-3-6-35(24(39)34-17)19-8-14(15(9-37)42-19)44-45(40,33-5-2-1-4-29-23(27)28)41-10-16-13(38)7-18(43-16)36-12-32-20-21(26)30-11-31-22(20)36/h3,6,11-16,18-19,37-38H,1-2,4-5,7-10H2,(H,33,40)(H2,25,34,39)(H2,26,30,31)(H4,27,28,29)/t13-,14-,15+,16+,18+,19+,45?/m0/s1. The van der Waals surface area contributed by atoms with E-state index in [0.717, 1.165) is 0 Å². The second-order valence-electron chi connectivity index (χ2n) is 10.5. The molecule has 1 unspecified atom stereocenters. The van der Waals surface area contributed by atoms with E-state index in [4.69, 9.17) is 41.5 Å². The van der Waals surface area contributed by atoms with E-state index < -0.39 is 56.9 Å². The number of nitrogens with one attached hydrogen (secondary N) is 1. The lowest BCUT2D eigenvalue weighted by molar-refractivity contribution is -0.0520. The average molecular weight is 653 g/mol. The van der Waals surface area contributed by atoms with Crippen molar-refractivity contribution in [3.8, 4) is 0 Å². The number of nitrogen functional groups attached to an aromatic ring is 2. The Bertz CT molecular complexity index is 1600. The molecule has 0 saturated carbocycles. The maximum atomic E-state index is 14.1. The summed E-state index contributed by atoms with van der Waals surface area (Å²) in [6, 6.07) is 1.43. The fraction of sp³-hybridized carbons (Fsp3) is 0.583. The van der Waals surface area contributed by atoms with E-state index in [2.05, 4.69) is 30.0 Å². The number of unbranched alkanes of at least 4 members (excludes halogenated alkanes) is 1. The van der Waals surface area contributed by atoms with Crippen LogP contribution >= 0.6 is 7.75 Å². The quantitative estimate of drug-likeness (QED) is 0.0443. The summed E-state index contributed by atoms with van der Waals surface area (Å²) in [5.74, 6) is 0.214. The lowest BCUT2D eigenvalue weighted by Crippen LogP contribution is -2.32. The third-order valence-electron chi connectivity index (χ3n) is 7.29. The van der Waals surface area contributed by atoms with Crippen LogP contribution in [0.2, 0.25) is 0 Å². The molecule has 5 rings (SSSR count). The molecule has 3 aromatic rings. The van der Waals surface area contributed by atoms with Gasteiger partial charge in [0, 0.05) is 32.1 Å². The van der Waals surface area contributed by atoms with Crippen molar-refractivity contribution in [3.05, 3.63) is 35.4 Å². The monoisotopic (exact) mass is 652 g/mol. The highest BCUT2D eigenvalue weighted by Crippen LogP contribution is 2.49. The molecule has 2 aliphatic rings. The number of aromatic nitrogens is 6. The first-order valence-corrected chi connectivity index (χ1v) is 15.7. The second kappa shape index (κ2) is 14.1. The topological polar surface area (TPSA) is 301 Å². The molecule has 2 fully saturated rings. The zero-order valence-electron chi connectivity index (χ0n) is 24.2. The minimum Gasteiger partial charge on any atom is -0.394 e. The van der Waals surface area contributed by atoms with Gasteiger partial charge in [-0.1, -0.05) is 0 Å². The first-order valence-electron chi connectivity index (χ1n) is 14.2. The van der Waals surface area contributed by atoms with Crippen molar-refractivity contribution in [1.82, 2.24) is 34.2 Å². The van der Waals surface area contributed by atoms with E-state index in [9.17, 15) is 19.6 Å². The minimum atomic E-state index is -4.13. The molecular formula is C24H37N12O8P. The summed E-state index contributed by atoms with van der Waals surface area (Å²) in [4.78, 5) is 32.4. The summed E-state index contributed by atoms with van der Waals surface area (Å²) in [5.41, 5.74) is 22.4. The smallest absolute Gasteiger partial charge is 0.394 e. The van der Waals surface area contributed by atoms with Crippen molar-refractivity contribution in [2.75, 3.05) is 37.8 Å². The lowest BCUT2D eigenvalue weighted by atomic mass is 10.2. The molecule has 7 atom stereocenters. The van der Waals surface area contributed by atoms with E-state index in [0.29, 0.717) is 30.6 Å². The van der Waals surface area contributed by atoms with Crippen LogP contribution in [-0.4, -0.2) is 96.0 Å². The van der Waals surface area contributed by atoms with Gasteiger partial charge in [-0.2, -0.15) is 4.98 Å². The Morgan fingerprint density at radius 3 is 2.67 bits per heavy atom. The zero-order chi connectivity index (χ0) is 32.1. The summed E-state index contributed by atoms with van der Waals surface area (Å²) in [5, 5.41) is 23.6. The van der Waals surface area contributed by atoms with Gasteiger partial charge in [0.05, 0.1) is 25.6 Å². The molecule has 0 amide bonds. The molecule has 2 saturated heterocycles. The van der Waals surface area contributed by atoms with Gasteiger partial charge in [-0.3, -0.25) is 23.2 Å². The molecule has 5 heterocycles. The molecular weight excluding hydrogens is 615 g/mol. The van der Waals surface area contributed by atoms with E-state index in [1.165, 1.54) is 29.5 Å². The van der Waals surface area contributed by atoms with Crippen LogP contribution in [0.5, 0.6) is 0 Å². The first-order chi connectivity index (χ1) is 21.6. The molecule has 0 radical (unpaired) electrons.